The maximum atomic E-state index is 13.1. The average molecular weight is 717 g/mol. The molecule has 0 aliphatic rings. The highest BCUT2D eigenvalue weighted by atomic mass is 32.2. The molecule has 0 radical (unpaired) electrons. The summed E-state index contributed by atoms with van der Waals surface area (Å²) in [5, 5.41) is 29.0. The molecule has 0 bridgehead atoms. The molecule has 0 heterocycles. The highest BCUT2D eigenvalue weighted by molar-refractivity contribution is 7.94. The van der Waals surface area contributed by atoms with Gasteiger partial charge in [0, 0.05) is 25.0 Å². The lowest BCUT2D eigenvalue weighted by Gasteiger charge is -2.22. The van der Waals surface area contributed by atoms with E-state index in [0.717, 1.165) is 12.0 Å². The van der Waals surface area contributed by atoms with E-state index in [1.165, 1.54) is 12.1 Å². The normalized spacial score (nSPS) is 12.6. The Morgan fingerprint density at radius 2 is 1.40 bits per heavy atom. The Morgan fingerprint density at radius 3 is 2.02 bits per heavy atom. The van der Waals surface area contributed by atoms with Crippen molar-refractivity contribution >= 4 is 53.4 Å². The van der Waals surface area contributed by atoms with Crippen LogP contribution in [0.3, 0.4) is 0 Å². The predicted molar refractivity (Wildman–Crippen MR) is 182 cm³/mol. The van der Waals surface area contributed by atoms with E-state index in [2.05, 4.69) is 25.5 Å². The number of amides is 4. The molecule has 50 heavy (non-hydrogen) atoms. The molecule has 3 atom stereocenters. The van der Waals surface area contributed by atoms with E-state index < -0.39 is 85.7 Å². The number of aliphatic carboxylic acids is 1. The second-order valence-electron chi connectivity index (χ2n) is 11.8. The number of nitrogens with one attached hydrogen (secondary N) is 4. The third-order valence-corrected chi connectivity index (χ3v) is 7.40. The van der Waals surface area contributed by atoms with Gasteiger partial charge in [-0.1, -0.05) is 56.3 Å². The molecule has 2 aromatic rings. The number of phenols is 1. The Balaban J connectivity index is 1.98. The largest absolute Gasteiger partial charge is 0.508 e. The molecule has 6 N–H and O–H groups in total. The van der Waals surface area contributed by atoms with Crippen molar-refractivity contribution in [3.8, 4) is 5.75 Å². The van der Waals surface area contributed by atoms with Crippen molar-refractivity contribution in [3.05, 3.63) is 65.7 Å². The number of ether oxygens (including phenoxy) is 1. The molecule has 0 saturated carbocycles. The van der Waals surface area contributed by atoms with Gasteiger partial charge in [-0.3, -0.25) is 24.0 Å². The van der Waals surface area contributed by atoms with Crippen LogP contribution in [0, 0.1) is 11.8 Å². The van der Waals surface area contributed by atoms with Gasteiger partial charge in [-0.25, -0.2) is 9.59 Å². The first-order valence-electron chi connectivity index (χ1n) is 15.8. The van der Waals surface area contributed by atoms with Gasteiger partial charge in [-0.05, 0) is 42.0 Å². The number of carbonyl (C=O) groups excluding carboxylic acids is 6. The van der Waals surface area contributed by atoms with Crippen molar-refractivity contribution in [2.24, 2.45) is 11.8 Å². The van der Waals surface area contributed by atoms with Gasteiger partial charge in [-0.2, -0.15) is 0 Å². The SMILES string of the molecule is CSOC(=O)COCC(=O)CC(Cc1ccc(O)cc1)C(=O)NCC(=O)NCC(=O)NC(Cc1ccccc1)C(=O)NC(CC(C)C)C(=O)O. The number of hydrogen-bond acceptors (Lipinski definition) is 11. The van der Waals surface area contributed by atoms with Crippen LogP contribution in [-0.2, 0) is 55.3 Å². The van der Waals surface area contributed by atoms with E-state index >= 15 is 0 Å². The van der Waals surface area contributed by atoms with E-state index in [9.17, 15) is 43.8 Å². The third kappa shape index (κ3) is 16.4. The number of carbonyl (C=O) groups is 7. The molecule has 3 unspecified atom stereocenters. The monoisotopic (exact) mass is 716 g/mol. The lowest BCUT2D eigenvalue weighted by molar-refractivity contribution is -0.143. The first kappa shape index (κ1) is 41.2. The number of carboxylic acids is 1. The Kier molecular flexibility index (Phi) is 18.0. The van der Waals surface area contributed by atoms with E-state index in [0.29, 0.717) is 11.1 Å². The predicted octanol–water partition coefficient (Wildman–Crippen LogP) is 0.923. The number of carboxylic acid groups (broad SMARTS) is 1. The van der Waals surface area contributed by atoms with Crippen molar-refractivity contribution in [1.82, 2.24) is 21.3 Å². The van der Waals surface area contributed by atoms with E-state index in [4.69, 9.17) is 4.74 Å². The average Bonchev–Trinajstić information content (AvgIpc) is 3.06. The maximum Gasteiger partial charge on any atom is 0.344 e. The molecule has 0 fully saturated rings. The standard InChI is InChI=1S/C34H44N4O11S/c1-21(2)13-28(34(46)47)38-33(45)27(15-22-7-5-4-6-8-22)37-30(42)18-35-29(41)17-36-32(44)24(14-23-9-11-25(39)12-10-23)16-26(40)19-48-20-31(43)49-50-3/h4-12,21,24,27-28,39H,13-20H2,1-3H3,(H,35,41)(H,36,44)(H,37,42)(H,38,45)(H,46,47). The zero-order chi connectivity index (χ0) is 37.1. The molecule has 16 heteroatoms. The minimum absolute atomic E-state index is 0.0136. The summed E-state index contributed by atoms with van der Waals surface area (Å²) < 4.78 is 9.74. The van der Waals surface area contributed by atoms with Crippen LogP contribution in [0.2, 0.25) is 0 Å². The van der Waals surface area contributed by atoms with Crippen LogP contribution in [0.25, 0.3) is 0 Å². The summed E-state index contributed by atoms with van der Waals surface area (Å²) in [6.45, 7) is 1.65. The fraction of sp³-hybridized carbons (Fsp3) is 0.441. The molecular weight excluding hydrogens is 672 g/mol. The zero-order valence-corrected chi connectivity index (χ0v) is 29.0. The number of hydrogen-bond donors (Lipinski definition) is 6. The van der Waals surface area contributed by atoms with Gasteiger partial charge in [0.1, 0.15) is 31.0 Å². The summed E-state index contributed by atoms with van der Waals surface area (Å²) in [6.07, 6.45) is 1.59. The molecule has 2 rings (SSSR count). The molecular formula is C34H44N4O11S. The number of rotatable bonds is 22. The van der Waals surface area contributed by atoms with Crippen molar-refractivity contribution in [1.29, 1.82) is 0 Å². The summed E-state index contributed by atoms with van der Waals surface area (Å²) in [5.41, 5.74) is 1.34. The Bertz CT molecular complexity index is 1450. The summed E-state index contributed by atoms with van der Waals surface area (Å²) in [4.78, 5) is 87.3. The van der Waals surface area contributed by atoms with Gasteiger partial charge in [0.15, 0.2) is 5.78 Å². The Hall–Kier alpha value is -4.96. The van der Waals surface area contributed by atoms with Crippen molar-refractivity contribution in [3.63, 3.8) is 0 Å². The molecule has 2 aromatic carbocycles. The van der Waals surface area contributed by atoms with Crippen molar-refractivity contribution < 1.29 is 52.7 Å². The summed E-state index contributed by atoms with van der Waals surface area (Å²) >= 11 is 0.832. The molecule has 0 saturated heterocycles. The van der Waals surface area contributed by atoms with Crippen LogP contribution in [0.5, 0.6) is 5.75 Å². The molecule has 0 aliphatic carbocycles. The molecule has 4 amide bonds. The van der Waals surface area contributed by atoms with Gasteiger partial charge in [0.2, 0.25) is 23.6 Å². The second-order valence-corrected chi connectivity index (χ2v) is 12.3. The Labute approximate surface area is 294 Å². The van der Waals surface area contributed by atoms with Gasteiger partial charge in [0.25, 0.3) is 0 Å². The number of benzene rings is 2. The first-order valence-corrected chi connectivity index (χ1v) is 16.9. The van der Waals surface area contributed by atoms with Crippen LogP contribution >= 0.6 is 12.0 Å². The van der Waals surface area contributed by atoms with Crippen molar-refractivity contribution in [2.75, 3.05) is 32.6 Å². The second kappa shape index (κ2) is 21.9. The van der Waals surface area contributed by atoms with Crippen LogP contribution in [-0.4, -0.2) is 96.2 Å². The third-order valence-electron chi connectivity index (χ3n) is 7.05. The topological polar surface area (TPSA) is 227 Å². The van der Waals surface area contributed by atoms with Gasteiger partial charge in [-0.15, -0.1) is 0 Å². The van der Waals surface area contributed by atoms with E-state index in [1.807, 2.05) is 13.8 Å². The van der Waals surface area contributed by atoms with E-state index in [-0.39, 0.29) is 37.4 Å². The number of Topliss-reactive ketones (excluding diaryl/α,β-unsaturated/α-hetero) is 1. The smallest absolute Gasteiger partial charge is 0.344 e. The van der Waals surface area contributed by atoms with Gasteiger partial charge >= 0.3 is 11.9 Å². The summed E-state index contributed by atoms with van der Waals surface area (Å²) in [7, 11) is 0. The molecule has 0 aliphatic heterocycles. The number of phenolic OH excluding ortho intramolecular Hbond substituents is 1. The van der Waals surface area contributed by atoms with Crippen LogP contribution in [0.4, 0.5) is 0 Å². The lowest BCUT2D eigenvalue weighted by atomic mass is 9.93. The quantitative estimate of drug-likeness (QED) is 0.0936. The number of ketones is 1. The fourth-order valence-electron chi connectivity index (χ4n) is 4.70. The van der Waals surface area contributed by atoms with Crippen LogP contribution < -0.4 is 21.3 Å². The summed E-state index contributed by atoms with van der Waals surface area (Å²) in [6, 6.07) is 12.5. The first-order chi connectivity index (χ1) is 23.8. The molecule has 272 valence electrons. The molecule has 0 spiro atoms. The molecule has 15 nitrogen and oxygen atoms in total. The van der Waals surface area contributed by atoms with E-state index in [1.54, 1.807) is 48.7 Å². The highest BCUT2D eigenvalue weighted by Crippen LogP contribution is 2.17. The van der Waals surface area contributed by atoms with Crippen LogP contribution in [0.15, 0.2) is 54.6 Å². The number of aromatic hydroxyl groups is 1. The zero-order valence-electron chi connectivity index (χ0n) is 28.1. The van der Waals surface area contributed by atoms with Crippen LogP contribution in [0.1, 0.15) is 37.8 Å². The minimum atomic E-state index is -1.21. The van der Waals surface area contributed by atoms with Gasteiger partial charge < -0.3 is 40.4 Å². The summed E-state index contributed by atoms with van der Waals surface area (Å²) in [5.74, 6) is -6.10. The fourth-order valence-corrected chi connectivity index (χ4v) is 4.93. The Morgan fingerprint density at radius 1 is 0.760 bits per heavy atom. The maximum absolute atomic E-state index is 13.1. The van der Waals surface area contributed by atoms with Gasteiger partial charge in [0.05, 0.1) is 25.1 Å². The lowest BCUT2D eigenvalue weighted by Crippen LogP contribution is -2.54. The molecule has 0 aromatic heterocycles. The minimum Gasteiger partial charge on any atom is -0.508 e. The highest BCUT2D eigenvalue weighted by Gasteiger charge is 2.28. The van der Waals surface area contributed by atoms with Crippen molar-refractivity contribution in [2.45, 2.75) is 51.6 Å².